The minimum atomic E-state index is -0.910. The van der Waals surface area contributed by atoms with Gasteiger partial charge in [-0.1, -0.05) is 6.92 Å². The number of hydrogen-bond acceptors (Lipinski definition) is 3. The van der Waals surface area contributed by atoms with Crippen LogP contribution in [0.2, 0.25) is 0 Å². The summed E-state index contributed by atoms with van der Waals surface area (Å²) in [5.74, 6) is -0.910. The molecule has 18 heavy (non-hydrogen) atoms. The van der Waals surface area contributed by atoms with Gasteiger partial charge in [-0.15, -0.1) is 11.3 Å². The maximum absolute atomic E-state index is 10.4. The van der Waals surface area contributed by atoms with E-state index in [4.69, 9.17) is 5.11 Å². The number of carboxylic acid groups (broad SMARTS) is 1. The Morgan fingerprint density at radius 3 is 2.78 bits per heavy atom. The Bertz CT molecular complexity index is 435. The van der Waals surface area contributed by atoms with E-state index in [0.717, 1.165) is 18.5 Å². The first-order chi connectivity index (χ1) is 8.35. The lowest BCUT2D eigenvalue weighted by atomic mass is 10.00. The van der Waals surface area contributed by atoms with Crippen LogP contribution in [0.5, 0.6) is 0 Å². The molecule has 100 valence electrons. The summed E-state index contributed by atoms with van der Waals surface area (Å²) >= 11 is 1.67. The van der Waals surface area contributed by atoms with E-state index in [1.54, 1.807) is 17.4 Å². The monoisotopic (exact) mass is 267 g/mol. The first-order valence-electron chi connectivity index (χ1n) is 6.05. The number of carbonyl (C=O) groups is 1. The lowest BCUT2D eigenvalue weighted by Gasteiger charge is -2.34. The van der Waals surface area contributed by atoms with Gasteiger partial charge in [0.05, 0.1) is 0 Å². The minimum Gasteiger partial charge on any atom is -0.478 e. The van der Waals surface area contributed by atoms with Gasteiger partial charge in [0, 0.05) is 23.0 Å². The van der Waals surface area contributed by atoms with Crippen LogP contribution in [0.25, 0.3) is 6.08 Å². The molecule has 0 amide bonds. The van der Waals surface area contributed by atoms with Crippen LogP contribution in [-0.4, -0.2) is 28.6 Å². The minimum absolute atomic E-state index is 0.182. The molecule has 1 rings (SSSR count). The highest BCUT2D eigenvalue weighted by molar-refractivity contribution is 7.10. The number of hydrogen-bond donors (Lipinski definition) is 1. The molecule has 0 aliphatic carbocycles. The second-order valence-electron chi connectivity index (χ2n) is 5.04. The third kappa shape index (κ3) is 4.27. The highest BCUT2D eigenvalue weighted by atomic mass is 32.1. The van der Waals surface area contributed by atoms with Crippen molar-refractivity contribution in [1.29, 1.82) is 0 Å². The van der Waals surface area contributed by atoms with Crippen molar-refractivity contribution in [3.63, 3.8) is 0 Å². The second-order valence-corrected chi connectivity index (χ2v) is 6.04. The molecule has 3 nitrogen and oxygen atoms in total. The van der Waals surface area contributed by atoms with Crippen molar-refractivity contribution in [2.45, 2.75) is 39.3 Å². The molecule has 0 radical (unpaired) electrons. The number of thiophene rings is 1. The predicted molar refractivity (Wildman–Crippen MR) is 76.8 cm³/mol. The zero-order valence-electron chi connectivity index (χ0n) is 11.4. The van der Waals surface area contributed by atoms with E-state index in [9.17, 15) is 4.79 Å². The zero-order valence-corrected chi connectivity index (χ0v) is 12.3. The molecule has 1 heterocycles. The fraction of sp³-hybridized carbons (Fsp3) is 0.500. The van der Waals surface area contributed by atoms with Gasteiger partial charge in [0.1, 0.15) is 0 Å². The Balaban J connectivity index is 2.67. The highest BCUT2D eigenvalue weighted by Gasteiger charge is 2.21. The van der Waals surface area contributed by atoms with Crippen molar-refractivity contribution in [3.8, 4) is 0 Å². The molecule has 0 saturated carbocycles. The molecule has 1 N–H and O–H groups in total. The van der Waals surface area contributed by atoms with Gasteiger partial charge in [-0.05, 0) is 50.4 Å². The standard InChI is InChI=1S/C14H21NO2S/c1-5-14(2,3)15(4)9-12-8-11(10-18-12)6-7-13(16)17/h6-8,10H,5,9H2,1-4H3,(H,16,17). The van der Waals surface area contributed by atoms with Crippen LogP contribution in [0.4, 0.5) is 0 Å². The van der Waals surface area contributed by atoms with Crippen LogP contribution in [0, 0.1) is 0 Å². The topological polar surface area (TPSA) is 40.5 Å². The van der Waals surface area contributed by atoms with Gasteiger partial charge in [-0.3, -0.25) is 4.90 Å². The third-order valence-corrected chi connectivity index (χ3v) is 4.32. The molecule has 0 saturated heterocycles. The first-order valence-corrected chi connectivity index (χ1v) is 6.93. The van der Waals surface area contributed by atoms with Crippen LogP contribution >= 0.6 is 11.3 Å². The second kappa shape index (κ2) is 6.16. The Morgan fingerprint density at radius 2 is 2.22 bits per heavy atom. The molecule has 0 spiro atoms. The van der Waals surface area contributed by atoms with E-state index < -0.39 is 5.97 Å². The van der Waals surface area contributed by atoms with Gasteiger partial charge in [-0.2, -0.15) is 0 Å². The van der Waals surface area contributed by atoms with Crippen molar-refractivity contribution in [1.82, 2.24) is 4.90 Å². The fourth-order valence-corrected chi connectivity index (χ4v) is 2.36. The molecule has 0 atom stereocenters. The van der Waals surface area contributed by atoms with E-state index in [1.807, 2.05) is 11.4 Å². The van der Waals surface area contributed by atoms with Crippen LogP contribution < -0.4 is 0 Å². The van der Waals surface area contributed by atoms with E-state index >= 15 is 0 Å². The smallest absolute Gasteiger partial charge is 0.328 e. The molecule has 0 unspecified atom stereocenters. The summed E-state index contributed by atoms with van der Waals surface area (Å²) in [6.07, 6.45) is 3.90. The normalized spacial score (nSPS) is 12.5. The molecule has 4 heteroatoms. The maximum Gasteiger partial charge on any atom is 0.328 e. The molecule has 0 aromatic carbocycles. The lowest BCUT2D eigenvalue weighted by molar-refractivity contribution is -0.131. The van der Waals surface area contributed by atoms with Crippen LogP contribution in [-0.2, 0) is 11.3 Å². The summed E-state index contributed by atoms with van der Waals surface area (Å²) in [6, 6.07) is 2.05. The van der Waals surface area contributed by atoms with Crippen molar-refractivity contribution < 1.29 is 9.90 Å². The van der Waals surface area contributed by atoms with E-state index in [2.05, 4.69) is 32.7 Å². The average molecular weight is 267 g/mol. The van der Waals surface area contributed by atoms with E-state index in [-0.39, 0.29) is 5.54 Å². The van der Waals surface area contributed by atoms with Crippen molar-refractivity contribution in [3.05, 3.63) is 28.0 Å². The number of nitrogens with zero attached hydrogens (tertiary/aromatic N) is 1. The Kier molecular flexibility index (Phi) is 5.11. The Labute approximate surface area is 113 Å². The molecule has 1 aromatic rings. The summed E-state index contributed by atoms with van der Waals surface area (Å²) in [5, 5.41) is 10.6. The summed E-state index contributed by atoms with van der Waals surface area (Å²) in [5.41, 5.74) is 1.14. The molecule has 0 fully saturated rings. The summed E-state index contributed by atoms with van der Waals surface area (Å²) < 4.78 is 0. The summed E-state index contributed by atoms with van der Waals surface area (Å²) in [6.45, 7) is 7.54. The Hall–Kier alpha value is -1.13. The van der Waals surface area contributed by atoms with Gasteiger partial charge in [0.25, 0.3) is 0 Å². The zero-order chi connectivity index (χ0) is 13.8. The van der Waals surface area contributed by atoms with Gasteiger partial charge >= 0.3 is 5.97 Å². The van der Waals surface area contributed by atoms with Crippen molar-refractivity contribution in [2.75, 3.05) is 7.05 Å². The Morgan fingerprint density at radius 1 is 1.56 bits per heavy atom. The van der Waals surface area contributed by atoms with Crippen molar-refractivity contribution in [2.24, 2.45) is 0 Å². The number of aliphatic carboxylic acids is 1. The van der Waals surface area contributed by atoms with Gasteiger partial charge < -0.3 is 5.11 Å². The SMILES string of the molecule is CCC(C)(C)N(C)Cc1cc(C=CC(=O)O)cs1. The van der Waals surface area contributed by atoms with Crippen LogP contribution in [0.15, 0.2) is 17.5 Å². The molecule has 0 aliphatic rings. The van der Waals surface area contributed by atoms with Crippen molar-refractivity contribution >= 4 is 23.4 Å². The van der Waals surface area contributed by atoms with E-state index in [1.165, 1.54) is 11.0 Å². The predicted octanol–water partition coefficient (Wildman–Crippen LogP) is 3.47. The molecule has 0 aliphatic heterocycles. The first kappa shape index (κ1) is 14.9. The average Bonchev–Trinajstić information content (AvgIpc) is 2.74. The quantitative estimate of drug-likeness (QED) is 0.802. The largest absolute Gasteiger partial charge is 0.478 e. The molecular formula is C14H21NO2S. The van der Waals surface area contributed by atoms with Crippen LogP contribution in [0.1, 0.15) is 37.6 Å². The molecule has 1 aromatic heterocycles. The summed E-state index contributed by atoms with van der Waals surface area (Å²) in [4.78, 5) is 14.0. The number of rotatable bonds is 6. The van der Waals surface area contributed by atoms with Gasteiger partial charge in [0.2, 0.25) is 0 Å². The third-order valence-electron chi connectivity index (χ3n) is 3.38. The maximum atomic E-state index is 10.4. The lowest BCUT2D eigenvalue weighted by Crippen LogP contribution is -2.39. The van der Waals surface area contributed by atoms with Gasteiger partial charge in [0.15, 0.2) is 0 Å². The fourth-order valence-electron chi connectivity index (χ4n) is 1.45. The number of carboxylic acids is 1. The van der Waals surface area contributed by atoms with E-state index in [0.29, 0.717) is 0 Å². The van der Waals surface area contributed by atoms with Crippen LogP contribution in [0.3, 0.4) is 0 Å². The highest BCUT2D eigenvalue weighted by Crippen LogP contribution is 2.23. The molecular weight excluding hydrogens is 246 g/mol. The molecule has 0 bridgehead atoms. The summed E-state index contributed by atoms with van der Waals surface area (Å²) in [7, 11) is 2.12. The van der Waals surface area contributed by atoms with Gasteiger partial charge in [-0.25, -0.2) is 4.79 Å².